The Morgan fingerprint density at radius 3 is 1.00 bits per heavy atom. The van der Waals surface area contributed by atoms with Gasteiger partial charge in [0.1, 0.15) is 35.8 Å². The number of benzene rings is 4. The summed E-state index contributed by atoms with van der Waals surface area (Å²) in [4.78, 5) is 17.2. The van der Waals surface area contributed by atoms with E-state index in [0.717, 1.165) is 33.4 Å². The van der Waals surface area contributed by atoms with Gasteiger partial charge >= 0.3 is 12.7 Å². The van der Waals surface area contributed by atoms with Crippen molar-refractivity contribution >= 4 is 58.2 Å². The molecule has 2 aliphatic heterocycles. The van der Waals surface area contributed by atoms with Crippen molar-refractivity contribution in [3.8, 4) is 33.8 Å². The van der Waals surface area contributed by atoms with Crippen LogP contribution in [0.3, 0.4) is 0 Å². The van der Waals surface area contributed by atoms with Gasteiger partial charge in [-0.1, -0.05) is 119 Å². The van der Waals surface area contributed by atoms with Gasteiger partial charge in [0.15, 0.2) is 0 Å². The number of nitrogens with zero attached hydrogens (tertiary/aromatic N) is 4. The fraction of sp³-hybridized carbons (Fsp3) is 0.182. The third-order valence-corrected chi connectivity index (χ3v) is 10.6. The Bertz CT molecular complexity index is 2370. The quantitative estimate of drug-likeness (QED) is 0.141. The summed E-state index contributed by atoms with van der Waals surface area (Å²) < 4.78 is 93.4. The smallest absolute Gasteiger partial charge is 0.472 e. The first-order valence-electron chi connectivity index (χ1n) is 18.4. The van der Waals surface area contributed by atoms with Crippen LogP contribution in [-0.4, -0.2) is 46.7 Å². The van der Waals surface area contributed by atoms with E-state index in [1.807, 2.05) is 62.4 Å². The number of ether oxygens (including phenoxy) is 4. The first-order chi connectivity index (χ1) is 29.4. The molecule has 0 amide bonds. The summed E-state index contributed by atoms with van der Waals surface area (Å²) in [6.07, 6.45) is -3.99. The molecule has 2 aromatic heterocycles. The molecular weight excluding hydrogens is 904 g/mol. The molecule has 0 radical (unpaired) electrons. The highest BCUT2D eigenvalue weighted by atomic mass is 35.5. The summed E-state index contributed by atoms with van der Waals surface area (Å²) in [6, 6.07) is 26.0. The number of rotatable bonds is 8. The lowest BCUT2D eigenvalue weighted by molar-refractivity contribution is -0.275. The van der Waals surface area contributed by atoms with Crippen LogP contribution < -0.4 is 9.47 Å². The van der Waals surface area contributed by atoms with Crippen LogP contribution in [0.15, 0.2) is 132 Å². The van der Waals surface area contributed by atoms with E-state index in [0.29, 0.717) is 43.0 Å². The van der Waals surface area contributed by atoms with E-state index in [1.165, 1.54) is 49.1 Å². The molecule has 18 heteroatoms. The standard InChI is InChI=1S/2C22H15Cl2F3N2O2/c2*1-12-20(29-21(30-12)19-17(23)10-28-11-18(19)24)15-4-2-13(3-5-15)14-6-8-16(9-7-14)31-22(25,26)27/h2*2-12,20H,1H3/t2*12-,20+/m10/s1. The Kier molecular flexibility index (Phi) is 13.2. The summed E-state index contributed by atoms with van der Waals surface area (Å²) in [6.45, 7) is 3.80. The van der Waals surface area contributed by atoms with Gasteiger partial charge < -0.3 is 18.9 Å². The minimum absolute atomic E-state index is 0.236. The second-order valence-corrected chi connectivity index (χ2v) is 15.4. The van der Waals surface area contributed by atoms with E-state index >= 15 is 0 Å². The summed E-state index contributed by atoms with van der Waals surface area (Å²) in [5.41, 5.74) is 6.06. The number of hydrogen-bond acceptors (Lipinski definition) is 8. The minimum atomic E-state index is -4.71. The van der Waals surface area contributed by atoms with Crippen LogP contribution in [-0.2, 0) is 9.47 Å². The molecular formula is C44H30Cl4F6N4O4. The maximum Gasteiger partial charge on any atom is 0.573 e. The average molecular weight is 935 g/mol. The number of halogens is 10. The fourth-order valence-corrected chi connectivity index (χ4v) is 7.67. The van der Waals surface area contributed by atoms with Gasteiger partial charge in [0.2, 0.25) is 11.8 Å². The summed E-state index contributed by atoms with van der Waals surface area (Å²) in [7, 11) is 0. The van der Waals surface area contributed by atoms with Crippen LogP contribution in [0.2, 0.25) is 20.1 Å². The molecule has 0 saturated carbocycles. The van der Waals surface area contributed by atoms with Gasteiger partial charge in [0.25, 0.3) is 0 Å². The molecule has 0 saturated heterocycles. The van der Waals surface area contributed by atoms with Crippen LogP contribution in [0.5, 0.6) is 11.5 Å². The first-order valence-corrected chi connectivity index (χ1v) is 19.9. The normalized spacial score (nSPS) is 18.5. The second kappa shape index (κ2) is 18.4. The minimum Gasteiger partial charge on any atom is -0.472 e. The van der Waals surface area contributed by atoms with Gasteiger partial charge in [-0.3, -0.25) is 9.97 Å². The lowest BCUT2D eigenvalue weighted by Gasteiger charge is -2.14. The number of aromatic nitrogens is 2. The first kappa shape index (κ1) is 44.5. The SMILES string of the molecule is C[C@@H]1OC(c2c(Cl)cncc2Cl)=N[C@H]1c1ccc(-c2ccc(OC(F)(F)F)cc2)cc1.C[C@H]1OC(c2c(Cl)cncc2Cl)=N[C@@H]1c1ccc(-c2ccc(OC(F)(F)F)cc2)cc1. The summed E-state index contributed by atoms with van der Waals surface area (Å²) in [5, 5.41) is 1.42. The Hall–Kier alpha value is -5.54. The molecule has 0 aliphatic carbocycles. The lowest BCUT2D eigenvalue weighted by atomic mass is 9.99. The maximum absolute atomic E-state index is 12.3. The van der Waals surface area contributed by atoms with Crippen molar-refractivity contribution in [2.75, 3.05) is 0 Å². The van der Waals surface area contributed by atoms with Crippen molar-refractivity contribution < 1.29 is 45.3 Å². The van der Waals surface area contributed by atoms with Crippen molar-refractivity contribution in [2.45, 2.75) is 50.9 Å². The van der Waals surface area contributed by atoms with E-state index in [9.17, 15) is 26.3 Å². The van der Waals surface area contributed by atoms with Crippen molar-refractivity contribution in [3.63, 3.8) is 0 Å². The molecule has 8 rings (SSSR count). The predicted molar refractivity (Wildman–Crippen MR) is 225 cm³/mol. The zero-order valence-corrected chi connectivity index (χ0v) is 35.1. The Labute approximate surface area is 370 Å². The maximum atomic E-state index is 12.3. The second-order valence-electron chi connectivity index (χ2n) is 13.7. The number of pyridine rings is 2. The van der Waals surface area contributed by atoms with Gasteiger partial charge in [-0.25, -0.2) is 9.98 Å². The molecule has 0 spiro atoms. The average Bonchev–Trinajstić information content (AvgIpc) is 3.79. The zero-order valence-electron chi connectivity index (χ0n) is 32.1. The Morgan fingerprint density at radius 1 is 0.452 bits per heavy atom. The Balaban J connectivity index is 0.000000186. The van der Waals surface area contributed by atoms with Gasteiger partial charge in [-0.05, 0) is 71.5 Å². The van der Waals surface area contributed by atoms with Crippen LogP contribution in [0.1, 0.15) is 48.2 Å². The molecule has 4 heterocycles. The lowest BCUT2D eigenvalue weighted by Crippen LogP contribution is -2.16. The third kappa shape index (κ3) is 10.7. The molecule has 0 fully saturated rings. The zero-order chi connectivity index (χ0) is 44.3. The number of hydrogen-bond donors (Lipinski definition) is 0. The molecule has 320 valence electrons. The van der Waals surface area contributed by atoms with E-state index in [-0.39, 0.29) is 35.8 Å². The highest BCUT2D eigenvalue weighted by Crippen LogP contribution is 2.38. The van der Waals surface area contributed by atoms with Gasteiger partial charge in [-0.15, -0.1) is 26.3 Å². The van der Waals surface area contributed by atoms with Gasteiger partial charge in [0, 0.05) is 24.8 Å². The van der Waals surface area contributed by atoms with E-state index in [4.69, 9.17) is 55.9 Å². The van der Waals surface area contributed by atoms with E-state index in [1.54, 1.807) is 24.3 Å². The highest BCUT2D eigenvalue weighted by Gasteiger charge is 2.34. The topological polar surface area (TPSA) is 87.4 Å². The van der Waals surface area contributed by atoms with E-state index in [2.05, 4.69) is 29.4 Å². The van der Waals surface area contributed by atoms with Crippen molar-refractivity contribution in [3.05, 3.63) is 164 Å². The molecule has 2 aliphatic rings. The van der Waals surface area contributed by atoms with Crippen LogP contribution in [0, 0.1) is 0 Å². The van der Waals surface area contributed by atoms with Crippen LogP contribution in [0.4, 0.5) is 26.3 Å². The Morgan fingerprint density at radius 2 is 0.726 bits per heavy atom. The van der Waals surface area contributed by atoms with Crippen LogP contribution in [0.25, 0.3) is 22.3 Å². The van der Waals surface area contributed by atoms with E-state index < -0.39 is 12.7 Å². The highest BCUT2D eigenvalue weighted by molar-refractivity contribution is 6.40. The summed E-state index contributed by atoms with van der Waals surface area (Å²) >= 11 is 24.8. The van der Waals surface area contributed by atoms with Crippen molar-refractivity contribution in [1.29, 1.82) is 0 Å². The number of alkyl halides is 6. The molecule has 0 bridgehead atoms. The molecule has 4 atom stereocenters. The molecule has 4 aromatic carbocycles. The number of aliphatic imine (C=N–C) groups is 2. The van der Waals surface area contributed by atoms with Gasteiger partial charge in [0.05, 0.1) is 31.2 Å². The fourth-order valence-electron chi connectivity index (χ4n) is 6.62. The predicted octanol–water partition coefficient (Wildman–Crippen LogP) is 13.7. The molecule has 6 aromatic rings. The van der Waals surface area contributed by atoms with Gasteiger partial charge in [-0.2, -0.15) is 0 Å². The largest absolute Gasteiger partial charge is 0.573 e. The molecule has 0 unspecified atom stereocenters. The van der Waals surface area contributed by atoms with Crippen molar-refractivity contribution in [2.24, 2.45) is 9.98 Å². The molecule has 62 heavy (non-hydrogen) atoms. The monoisotopic (exact) mass is 932 g/mol. The van der Waals surface area contributed by atoms with Crippen LogP contribution >= 0.6 is 46.4 Å². The molecule has 8 nitrogen and oxygen atoms in total. The third-order valence-electron chi connectivity index (χ3n) is 9.48. The summed E-state index contributed by atoms with van der Waals surface area (Å²) in [5.74, 6) is 0.193. The molecule has 0 N–H and O–H groups in total. The van der Waals surface area contributed by atoms with Crippen molar-refractivity contribution in [1.82, 2.24) is 9.97 Å².